The largest absolute Gasteiger partial charge is 0.475 e. The molecular formula is C7H3NO3S. The fraction of sp³-hybridized carbons (Fsp3) is 0. The third kappa shape index (κ3) is 1.49. The molecule has 0 saturated carbocycles. The number of carbonyl (C=O) groups is 2. The van der Waals surface area contributed by atoms with Crippen LogP contribution in [0.3, 0.4) is 0 Å². The van der Waals surface area contributed by atoms with Crippen molar-refractivity contribution in [3.05, 3.63) is 21.9 Å². The zero-order chi connectivity index (χ0) is 9.14. The van der Waals surface area contributed by atoms with E-state index in [9.17, 15) is 9.59 Å². The minimum Gasteiger partial charge on any atom is -0.475 e. The minimum absolute atomic E-state index is 0.0825. The van der Waals surface area contributed by atoms with Crippen molar-refractivity contribution in [3.8, 4) is 6.07 Å². The van der Waals surface area contributed by atoms with Crippen molar-refractivity contribution in [2.45, 2.75) is 0 Å². The molecule has 5 heteroatoms. The highest BCUT2D eigenvalue weighted by Crippen LogP contribution is 2.15. The van der Waals surface area contributed by atoms with E-state index in [0.717, 1.165) is 11.3 Å². The van der Waals surface area contributed by atoms with Crippen LogP contribution in [-0.4, -0.2) is 16.9 Å². The Morgan fingerprint density at radius 2 is 2.17 bits per heavy atom. The summed E-state index contributed by atoms with van der Waals surface area (Å²) in [6.45, 7) is 0. The first-order chi connectivity index (χ1) is 5.65. The van der Waals surface area contributed by atoms with Crippen molar-refractivity contribution in [2.75, 3.05) is 0 Å². The molecule has 0 aliphatic heterocycles. The van der Waals surface area contributed by atoms with E-state index in [1.165, 1.54) is 12.1 Å². The average Bonchev–Trinajstić information content (AvgIpc) is 2.50. The summed E-state index contributed by atoms with van der Waals surface area (Å²) in [6.07, 6.45) is 0. The molecule has 12 heavy (non-hydrogen) atoms. The molecule has 0 aliphatic rings. The molecule has 4 nitrogen and oxygen atoms in total. The van der Waals surface area contributed by atoms with E-state index in [1.54, 1.807) is 0 Å². The Morgan fingerprint density at radius 3 is 2.58 bits per heavy atom. The lowest BCUT2D eigenvalue weighted by Crippen LogP contribution is -2.10. The minimum atomic E-state index is -1.50. The van der Waals surface area contributed by atoms with E-state index in [0.29, 0.717) is 4.88 Å². The van der Waals surface area contributed by atoms with Gasteiger partial charge >= 0.3 is 5.97 Å². The standard InChI is InChI=1S/C7H3NO3S/c8-3-4-1-2-5(12-4)6(9)7(10)11/h1-2H,(H,10,11). The number of thiophene rings is 1. The third-order valence-corrected chi connectivity index (χ3v) is 2.12. The van der Waals surface area contributed by atoms with Crippen molar-refractivity contribution in [2.24, 2.45) is 0 Å². The van der Waals surface area contributed by atoms with Gasteiger partial charge in [-0.1, -0.05) is 0 Å². The molecule has 1 aromatic rings. The van der Waals surface area contributed by atoms with Crippen LogP contribution >= 0.6 is 11.3 Å². The number of ketones is 1. The van der Waals surface area contributed by atoms with Crippen molar-refractivity contribution >= 4 is 23.1 Å². The Kier molecular flexibility index (Phi) is 2.21. The van der Waals surface area contributed by atoms with E-state index in [2.05, 4.69) is 0 Å². The number of nitriles is 1. The van der Waals surface area contributed by atoms with Crippen LogP contribution in [0.5, 0.6) is 0 Å². The van der Waals surface area contributed by atoms with Crippen LogP contribution in [0.25, 0.3) is 0 Å². The fourth-order valence-corrected chi connectivity index (χ4v) is 1.36. The van der Waals surface area contributed by atoms with Crippen LogP contribution in [0.1, 0.15) is 14.5 Å². The van der Waals surface area contributed by atoms with Gasteiger partial charge < -0.3 is 5.11 Å². The zero-order valence-corrected chi connectivity index (χ0v) is 6.59. The number of hydrogen-bond acceptors (Lipinski definition) is 4. The first-order valence-electron chi connectivity index (χ1n) is 2.92. The second-order valence-corrected chi connectivity index (χ2v) is 2.99. The number of aliphatic carboxylic acids is 1. The molecule has 1 rings (SSSR count). The number of nitrogens with zero attached hydrogens (tertiary/aromatic N) is 1. The average molecular weight is 181 g/mol. The van der Waals surface area contributed by atoms with E-state index in [-0.39, 0.29) is 4.88 Å². The van der Waals surface area contributed by atoms with Gasteiger partial charge in [-0.05, 0) is 12.1 Å². The predicted molar refractivity (Wildman–Crippen MR) is 41.0 cm³/mol. The van der Waals surface area contributed by atoms with Gasteiger partial charge in [0.1, 0.15) is 10.9 Å². The van der Waals surface area contributed by atoms with Crippen molar-refractivity contribution in [3.63, 3.8) is 0 Å². The molecule has 60 valence electrons. The van der Waals surface area contributed by atoms with Crippen LogP contribution in [0.4, 0.5) is 0 Å². The molecule has 1 N–H and O–H groups in total. The quantitative estimate of drug-likeness (QED) is 0.542. The van der Waals surface area contributed by atoms with Crippen LogP contribution in [0.2, 0.25) is 0 Å². The molecule has 0 aromatic carbocycles. The highest BCUT2D eigenvalue weighted by atomic mass is 32.1. The Balaban J connectivity index is 2.99. The topological polar surface area (TPSA) is 78.2 Å². The van der Waals surface area contributed by atoms with Gasteiger partial charge in [0, 0.05) is 0 Å². The molecule has 0 unspecified atom stereocenters. The second kappa shape index (κ2) is 3.15. The van der Waals surface area contributed by atoms with Crippen molar-refractivity contribution in [1.82, 2.24) is 0 Å². The first-order valence-corrected chi connectivity index (χ1v) is 3.74. The number of carbonyl (C=O) groups excluding carboxylic acids is 1. The van der Waals surface area contributed by atoms with E-state index in [4.69, 9.17) is 10.4 Å². The summed E-state index contributed by atoms with van der Waals surface area (Å²) in [5, 5.41) is 16.7. The molecule has 0 amide bonds. The molecule has 1 heterocycles. The normalized spacial score (nSPS) is 8.92. The van der Waals surface area contributed by atoms with Gasteiger partial charge in [0.05, 0.1) is 4.88 Å². The molecule has 0 spiro atoms. The maximum atomic E-state index is 10.8. The Hall–Kier alpha value is -1.67. The molecular weight excluding hydrogens is 178 g/mol. The van der Waals surface area contributed by atoms with E-state index in [1.807, 2.05) is 6.07 Å². The van der Waals surface area contributed by atoms with Crippen LogP contribution in [0, 0.1) is 11.3 Å². The molecule has 0 bridgehead atoms. The summed E-state index contributed by atoms with van der Waals surface area (Å²) in [5.74, 6) is -2.47. The lowest BCUT2D eigenvalue weighted by molar-refractivity contribution is -0.131. The smallest absolute Gasteiger partial charge is 0.378 e. The van der Waals surface area contributed by atoms with Crippen LogP contribution in [-0.2, 0) is 4.79 Å². The van der Waals surface area contributed by atoms with Gasteiger partial charge in [-0.25, -0.2) is 4.79 Å². The van der Waals surface area contributed by atoms with Gasteiger partial charge in [-0.15, -0.1) is 11.3 Å². The molecule has 0 fully saturated rings. The Morgan fingerprint density at radius 1 is 1.50 bits per heavy atom. The highest BCUT2D eigenvalue weighted by molar-refractivity contribution is 7.15. The summed E-state index contributed by atoms with van der Waals surface area (Å²) in [6, 6.07) is 4.57. The van der Waals surface area contributed by atoms with Crippen molar-refractivity contribution in [1.29, 1.82) is 5.26 Å². The number of hydrogen-bond donors (Lipinski definition) is 1. The summed E-state index contributed by atoms with van der Waals surface area (Å²) in [4.78, 5) is 21.4. The highest BCUT2D eigenvalue weighted by Gasteiger charge is 2.16. The third-order valence-electron chi connectivity index (χ3n) is 1.13. The summed E-state index contributed by atoms with van der Waals surface area (Å²) >= 11 is 0.878. The van der Waals surface area contributed by atoms with Gasteiger partial charge in [-0.2, -0.15) is 5.26 Å². The van der Waals surface area contributed by atoms with Crippen molar-refractivity contribution < 1.29 is 14.7 Å². The summed E-state index contributed by atoms with van der Waals surface area (Å²) in [7, 11) is 0. The zero-order valence-electron chi connectivity index (χ0n) is 5.77. The van der Waals surface area contributed by atoms with Gasteiger partial charge in [0.2, 0.25) is 0 Å². The monoisotopic (exact) mass is 181 g/mol. The summed E-state index contributed by atoms with van der Waals surface area (Å²) < 4.78 is 0. The van der Waals surface area contributed by atoms with Gasteiger partial charge in [0.25, 0.3) is 5.78 Å². The molecule has 0 aliphatic carbocycles. The molecule has 0 atom stereocenters. The fourth-order valence-electron chi connectivity index (χ4n) is 0.625. The number of Topliss-reactive ketones (excluding diaryl/α,β-unsaturated/α-hetero) is 1. The van der Waals surface area contributed by atoms with E-state index >= 15 is 0 Å². The lowest BCUT2D eigenvalue weighted by atomic mass is 10.3. The SMILES string of the molecule is N#Cc1ccc(C(=O)C(=O)O)s1. The Bertz CT molecular complexity index is 374. The second-order valence-electron chi connectivity index (χ2n) is 1.91. The molecule has 0 radical (unpaired) electrons. The molecule has 0 saturated heterocycles. The number of carboxylic acid groups (broad SMARTS) is 1. The Labute approximate surface area is 71.7 Å². The maximum Gasteiger partial charge on any atom is 0.378 e. The number of rotatable bonds is 2. The van der Waals surface area contributed by atoms with Gasteiger partial charge in [0.15, 0.2) is 0 Å². The van der Waals surface area contributed by atoms with E-state index < -0.39 is 11.8 Å². The summed E-state index contributed by atoms with van der Waals surface area (Å²) in [5.41, 5.74) is 0. The molecule has 1 aromatic heterocycles. The van der Waals surface area contributed by atoms with Crippen LogP contribution in [0.15, 0.2) is 12.1 Å². The lowest BCUT2D eigenvalue weighted by Gasteiger charge is -1.85. The predicted octanol–water partition coefficient (Wildman–Crippen LogP) is 0.887. The van der Waals surface area contributed by atoms with Crippen LogP contribution < -0.4 is 0 Å². The number of carboxylic acids is 1. The first kappa shape index (κ1) is 8.43. The maximum absolute atomic E-state index is 10.8. The van der Waals surface area contributed by atoms with Gasteiger partial charge in [-0.3, -0.25) is 4.79 Å².